The third-order valence-electron chi connectivity index (χ3n) is 5.14. The Balaban J connectivity index is 1.44. The van der Waals surface area contributed by atoms with Crippen molar-refractivity contribution in [2.24, 2.45) is 5.92 Å². The maximum atomic E-state index is 12.6. The second-order valence-corrected chi connectivity index (χ2v) is 7.24. The van der Waals surface area contributed by atoms with Crippen LogP contribution in [0, 0.1) is 5.92 Å². The number of carbonyl (C=O) groups is 2. The molecule has 2 fully saturated rings. The van der Waals surface area contributed by atoms with Crippen LogP contribution in [0.4, 0.5) is 13.2 Å². The van der Waals surface area contributed by atoms with E-state index in [-0.39, 0.29) is 24.4 Å². The Morgan fingerprint density at radius 1 is 1.19 bits per heavy atom. The van der Waals surface area contributed by atoms with Crippen LogP contribution in [-0.2, 0) is 4.79 Å². The summed E-state index contributed by atoms with van der Waals surface area (Å²) in [5.74, 6) is -0.467. The van der Waals surface area contributed by atoms with Gasteiger partial charge in [0.2, 0.25) is 5.91 Å². The highest BCUT2D eigenvalue weighted by atomic mass is 19.4. The van der Waals surface area contributed by atoms with Gasteiger partial charge in [-0.1, -0.05) is 0 Å². The summed E-state index contributed by atoms with van der Waals surface area (Å²) in [6, 6.07) is 3.22. The zero-order chi connectivity index (χ0) is 19.4. The van der Waals surface area contributed by atoms with Gasteiger partial charge in [-0.05, 0) is 44.4 Å². The smallest absolute Gasteiger partial charge is 0.401 e. The van der Waals surface area contributed by atoms with E-state index in [1.54, 1.807) is 17.0 Å². The van der Waals surface area contributed by atoms with Crippen molar-refractivity contribution >= 4 is 11.8 Å². The number of nitrogens with zero attached hydrogens (tertiary/aromatic N) is 2. The molecule has 9 heteroatoms. The standard InChI is InChI=1S/C18H24F3N3O3/c19-18(20,21)12-23-7-1-3-13(11-23)16(25)22-14-5-8-24(9-6-14)17(26)15-4-2-10-27-15/h2,4,10,13-14H,1,3,5-9,11-12H2,(H,22,25). The number of halogens is 3. The Bertz CT molecular complexity index is 640. The van der Waals surface area contributed by atoms with Gasteiger partial charge in [0.15, 0.2) is 5.76 Å². The second kappa shape index (κ2) is 8.33. The summed E-state index contributed by atoms with van der Waals surface area (Å²) in [6.45, 7) is 0.562. The average molecular weight is 387 g/mol. The lowest BCUT2D eigenvalue weighted by atomic mass is 9.95. The Morgan fingerprint density at radius 3 is 2.56 bits per heavy atom. The van der Waals surface area contributed by atoms with E-state index in [2.05, 4.69) is 5.32 Å². The number of likely N-dealkylation sites (tertiary alicyclic amines) is 2. The van der Waals surface area contributed by atoms with Gasteiger partial charge in [0.05, 0.1) is 18.7 Å². The van der Waals surface area contributed by atoms with Crippen LogP contribution in [-0.4, -0.2) is 66.6 Å². The molecule has 3 heterocycles. The van der Waals surface area contributed by atoms with Crippen molar-refractivity contribution in [1.82, 2.24) is 15.1 Å². The molecule has 6 nitrogen and oxygen atoms in total. The number of hydrogen-bond acceptors (Lipinski definition) is 4. The number of furan rings is 1. The number of alkyl halides is 3. The first-order valence-electron chi connectivity index (χ1n) is 9.24. The van der Waals surface area contributed by atoms with E-state index in [1.165, 1.54) is 11.2 Å². The van der Waals surface area contributed by atoms with E-state index in [0.29, 0.717) is 51.1 Å². The average Bonchev–Trinajstić information content (AvgIpc) is 3.15. The summed E-state index contributed by atoms with van der Waals surface area (Å²) in [5.41, 5.74) is 0. The van der Waals surface area contributed by atoms with E-state index in [0.717, 1.165) is 0 Å². The highest BCUT2D eigenvalue weighted by Gasteiger charge is 2.35. The zero-order valence-electron chi connectivity index (χ0n) is 15.0. The van der Waals surface area contributed by atoms with Gasteiger partial charge in [0, 0.05) is 25.7 Å². The molecule has 3 rings (SSSR count). The summed E-state index contributed by atoms with van der Waals surface area (Å²) >= 11 is 0. The van der Waals surface area contributed by atoms with Crippen LogP contribution in [0.3, 0.4) is 0 Å². The van der Waals surface area contributed by atoms with Gasteiger partial charge in [-0.3, -0.25) is 14.5 Å². The molecule has 1 atom stereocenters. The third kappa shape index (κ3) is 5.47. The minimum Gasteiger partial charge on any atom is -0.459 e. The van der Waals surface area contributed by atoms with E-state index in [1.807, 2.05) is 0 Å². The van der Waals surface area contributed by atoms with Gasteiger partial charge < -0.3 is 14.6 Å². The first-order chi connectivity index (χ1) is 12.8. The molecule has 0 spiro atoms. The minimum absolute atomic E-state index is 0.0591. The van der Waals surface area contributed by atoms with Crippen molar-refractivity contribution in [2.45, 2.75) is 37.9 Å². The second-order valence-electron chi connectivity index (χ2n) is 7.24. The molecular formula is C18H24F3N3O3. The molecule has 150 valence electrons. The molecule has 0 aromatic carbocycles. The quantitative estimate of drug-likeness (QED) is 0.861. The molecular weight excluding hydrogens is 363 g/mol. The van der Waals surface area contributed by atoms with Crippen molar-refractivity contribution in [3.8, 4) is 0 Å². The van der Waals surface area contributed by atoms with E-state index < -0.39 is 18.6 Å². The predicted molar refractivity (Wildman–Crippen MR) is 91.0 cm³/mol. The molecule has 2 aliphatic heterocycles. The predicted octanol–water partition coefficient (Wildman–Crippen LogP) is 2.27. The highest BCUT2D eigenvalue weighted by Crippen LogP contribution is 2.23. The van der Waals surface area contributed by atoms with Crippen LogP contribution in [0.25, 0.3) is 0 Å². The lowest BCUT2D eigenvalue weighted by Gasteiger charge is -2.35. The number of amides is 2. The van der Waals surface area contributed by atoms with Crippen LogP contribution in [0.2, 0.25) is 0 Å². The fourth-order valence-corrected chi connectivity index (χ4v) is 3.77. The molecule has 1 N–H and O–H groups in total. The first-order valence-corrected chi connectivity index (χ1v) is 9.24. The molecule has 0 bridgehead atoms. The molecule has 0 saturated carbocycles. The topological polar surface area (TPSA) is 65.8 Å². The third-order valence-corrected chi connectivity index (χ3v) is 5.14. The molecule has 1 aromatic heterocycles. The van der Waals surface area contributed by atoms with E-state index in [4.69, 9.17) is 4.42 Å². The van der Waals surface area contributed by atoms with Crippen molar-refractivity contribution in [2.75, 3.05) is 32.7 Å². The number of carbonyl (C=O) groups excluding carboxylic acids is 2. The molecule has 0 aliphatic carbocycles. The molecule has 2 saturated heterocycles. The number of nitrogens with one attached hydrogen (secondary N) is 1. The van der Waals surface area contributed by atoms with Crippen molar-refractivity contribution in [1.29, 1.82) is 0 Å². The summed E-state index contributed by atoms with van der Waals surface area (Å²) in [7, 11) is 0. The molecule has 1 unspecified atom stereocenters. The van der Waals surface area contributed by atoms with Gasteiger partial charge in [-0.2, -0.15) is 13.2 Å². The summed E-state index contributed by atoms with van der Waals surface area (Å²) in [4.78, 5) is 27.7. The van der Waals surface area contributed by atoms with Crippen molar-refractivity contribution in [3.63, 3.8) is 0 Å². The maximum Gasteiger partial charge on any atom is 0.401 e. The Labute approximate surface area is 155 Å². The maximum absolute atomic E-state index is 12.6. The van der Waals surface area contributed by atoms with Gasteiger partial charge in [-0.15, -0.1) is 0 Å². The number of hydrogen-bond donors (Lipinski definition) is 1. The van der Waals surface area contributed by atoms with Gasteiger partial charge in [0.1, 0.15) is 0 Å². The van der Waals surface area contributed by atoms with Crippen molar-refractivity contribution in [3.05, 3.63) is 24.2 Å². The van der Waals surface area contributed by atoms with Crippen LogP contribution in [0.1, 0.15) is 36.2 Å². The van der Waals surface area contributed by atoms with Crippen molar-refractivity contribution < 1.29 is 27.2 Å². The highest BCUT2D eigenvalue weighted by molar-refractivity contribution is 5.91. The zero-order valence-corrected chi connectivity index (χ0v) is 15.0. The van der Waals surface area contributed by atoms with Crippen LogP contribution >= 0.6 is 0 Å². The number of rotatable bonds is 4. The first kappa shape index (κ1) is 19.7. The molecule has 27 heavy (non-hydrogen) atoms. The van der Waals surface area contributed by atoms with Crippen LogP contribution in [0.5, 0.6) is 0 Å². The van der Waals surface area contributed by atoms with Gasteiger partial charge in [-0.25, -0.2) is 0 Å². The summed E-state index contributed by atoms with van der Waals surface area (Å²) in [6.07, 6.45) is -0.354. The molecule has 1 aromatic rings. The van der Waals surface area contributed by atoms with E-state index >= 15 is 0 Å². The Hall–Kier alpha value is -2.03. The molecule has 0 radical (unpaired) electrons. The van der Waals surface area contributed by atoms with Gasteiger partial charge >= 0.3 is 6.18 Å². The molecule has 2 aliphatic rings. The normalized spacial score (nSPS) is 22.6. The minimum atomic E-state index is -4.24. The van der Waals surface area contributed by atoms with E-state index in [9.17, 15) is 22.8 Å². The lowest BCUT2D eigenvalue weighted by molar-refractivity contribution is -0.152. The monoisotopic (exact) mass is 387 g/mol. The van der Waals surface area contributed by atoms with Gasteiger partial charge in [0.25, 0.3) is 5.91 Å². The Morgan fingerprint density at radius 2 is 1.93 bits per heavy atom. The van der Waals surface area contributed by atoms with Crippen LogP contribution in [0.15, 0.2) is 22.8 Å². The largest absolute Gasteiger partial charge is 0.459 e. The van der Waals surface area contributed by atoms with Crippen LogP contribution < -0.4 is 5.32 Å². The summed E-state index contributed by atoms with van der Waals surface area (Å²) < 4.78 is 42.8. The fourth-order valence-electron chi connectivity index (χ4n) is 3.77. The fraction of sp³-hybridized carbons (Fsp3) is 0.667. The number of piperidine rings is 2. The summed E-state index contributed by atoms with van der Waals surface area (Å²) in [5, 5.41) is 2.96. The SMILES string of the molecule is O=C(NC1CCN(C(=O)c2ccco2)CC1)C1CCCN(CC(F)(F)F)C1. The lowest BCUT2D eigenvalue weighted by Crippen LogP contribution is -2.51. The molecule has 2 amide bonds. The Kier molecular flexibility index (Phi) is 6.08.